The largest absolute Gasteiger partial charge is 0.361 e. The molecule has 1 amide bonds. The standard InChI is InChI=1S/C20H24N4O/c1-3-13-24(15-9-11-21-12-10-15)20(23-19(25)4-2)17-14-22-18-8-6-5-7-16(17)18/h5-12,14,20,22H,3-4,13H2,1-2H3,(H,23,25). The van der Waals surface area contributed by atoms with E-state index in [-0.39, 0.29) is 12.1 Å². The van der Waals surface area contributed by atoms with Gasteiger partial charge in [0.2, 0.25) is 5.91 Å². The number of hydrogen-bond donors (Lipinski definition) is 2. The lowest BCUT2D eigenvalue weighted by atomic mass is 10.1. The predicted octanol–water partition coefficient (Wildman–Crippen LogP) is 4.00. The number of hydrogen-bond acceptors (Lipinski definition) is 3. The van der Waals surface area contributed by atoms with Crippen molar-refractivity contribution >= 4 is 22.5 Å². The normalized spacial score (nSPS) is 12.1. The first-order valence-electron chi connectivity index (χ1n) is 8.76. The smallest absolute Gasteiger partial charge is 0.221 e. The lowest BCUT2D eigenvalue weighted by Crippen LogP contribution is -2.41. The second kappa shape index (κ2) is 7.83. The molecule has 0 aliphatic heterocycles. The Hall–Kier alpha value is -2.82. The molecule has 0 fully saturated rings. The van der Waals surface area contributed by atoms with Crippen LogP contribution in [0.4, 0.5) is 5.69 Å². The highest BCUT2D eigenvalue weighted by atomic mass is 16.1. The quantitative estimate of drug-likeness (QED) is 0.641. The highest BCUT2D eigenvalue weighted by Crippen LogP contribution is 2.30. The number of benzene rings is 1. The number of nitrogens with one attached hydrogen (secondary N) is 2. The average molecular weight is 336 g/mol. The molecule has 25 heavy (non-hydrogen) atoms. The summed E-state index contributed by atoms with van der Waals surface area (Å²) in [5.74, 6) is 0.0328. The van der Waals surface area contributed by atoms with Crippen LogP contribution in [-0.4, -0.2) is 22.4 Å². The number of fused-ring (bicyclic) bond motifs is 1. The summed E-state index contributed by atoms with van der Waals surface area (Å²) < 4.78 is 0. The maximum atomic E-state index is 12.2. The van der Waals surface area contributed by atoms with Crippen LogP contribution in [0.1, 0.15) is 38.4 Å². The van der Waals surface area contributed by atoms with Gasteiger partial charge in [0.25, 0.3) is 0 Å². The number of para-hydroxylation sites is 1. The summed E-state index contributed by atoms with van der Waals surface area (Å²) >= 11 is 0. The molecule has 130 valence electrons. The van der Waals surface area contributed by atoms with Crippen LogP contribution in [0.5, 0.6) is 0 Å². The van der Waals surface area contributed by atoms with Crippen LogP contribution < -0.4 is 10.2 Å². The first kappa shape index (κ1) is 17.0. The minimum absolute atomic E-state index is 0.0328. The van der Waals surface area contributed by atoms with Crippen LogP contribution in [0.15, 0.2) is 55.0 Å². The first-order valence-corrected chi connectivity index (χ1v) is 8.76. The molecule has 0 saturated heterocycles. The number of carbonyl (C=O) groups is 1. The zero-order chi connectivity index (χ0) is 17.6. The molecule has 0 bridgehead atoms. The number of pyridine rings is 1. The molecule has 0 aliphatic rings. The molecule has 2 aromatic heterocycles. The Bertz CT molecular complexity index is 828. The minimum atomic E-state index is -0.231. The van der Waals surface area contributed by atoms with Gasteiger partial charge >= 0.3 is 0 Å². The van der Waals surface area contributed by atoms with Crippen molar-refractivity contribution in [2.24, 2.45) is 0 Å². The van der Waals surface area contributed by atoms with Gasteiger partial charge in [0.15, 0.2) is 0 Å². The molecule has 3 aromatic rings. The Morgan fingerprint density at radius 2 is 1.96 bits per heavy atom. The van der Waals surface area contributed by atoms with Crippen LogP contribution in [0.3, 0.4) is 0 Å². The van der Waals surface area contributed by atoms with Gasteiger partial charge in [-0.3, -0.25) is 9.78 Å². The third-order valence-corrected chi connectivity index (χ3v) is 4.31. The summed E-state index contributed by atoms with van der Waals surface area (Å²) in [7, 11) is 0. The lowest BCUT2D eigenvalue weighted by molar-refractivity contribution is -0.121. The monoisotopic (exact) mass is 336 g/mol. The summed E-state index contributed by atoms with van der Waals surface area (Å²) in [5, 5.41) is 4.32. The minimum Gasteiger partial charge on any atom is -0.361 e. The molecule has 0 spiro atoms. The first-order chi connectivity index (χ1) is 12.2. The van der Waals surface area contributed by atoms with Gasteiger partial charge in [-0.25, -0.2) is 0 Å². The highest BCUT2D eigenvalue weighted by Gasteiger charge is 2.24. The van der Waals surface area contributed by atoms with Crippen molar-refractivity contribution in [3.8, 4) is 0 Å². The number of aromatic nitrogens is 2. The fourth-order valence-electron chi connectivity index (χ4n) is 3.08. The molecule has 0 saturated carbocycles. The molecule has 5 nitrogen and oxygen atoms in total. The summed E-state index contributed by atoms with van der Waals surface area (Å²) in [6.07, 6.45) is 6.76. The number of rotatable bonds is 7. The van der Waals surface area contributed by atoms with E-state index in [1.807, 2.05) is 43.5 Å². The summed E-state index contributed by atoms with van der Waals surface area (Å²) in [5.41, 5.74) is 3.19. The Morgan fingerprint density at radius 3 is 2.68 bits per heavy atom. The molecule has 2 N–H and O–H groups in total. The second-order valence-electron chi connectivity index (χ2n) is 6.01. The van der Waals surface area contributed by atoms with Crippen molar-refractivity contribution in [3.63, 3.8) is 0 Å². The highest BCUT2D eigenvalue weighted by molar-refractivity contribution is 5.85. The van der Waals surface area contributed by atoms with Gasteiger partial charge < -0.3 is 15.2 Å². The van der Waals surface area contributed by atoms with E-state index in [1.54, 1.807) is 12.4 Å². The van der Waals surface area contributed by atoms with E-state index in [0.717, 1.165) is 35.1 Å². The van der Waals surface area contributed by atoms with Crippen molar-refractivity contribution in [2.45, 2.75) is 32.9 Å². The van der Waals surface area contributed by atoms with Gasteiger partial charge in [0, 0.05) is 53.7 Å². The van der Waals surface area contributed by atoms with E-state index in [1.165, 1.54) is 0 Å². The van der Waals surface area contributed by atoms with Crippen molar-refractivity contribution in [2.75, 3.05) is 11.4 Å². The van der Waals surface area contributed by atoms with Crippen LogP contribution in [0, 0.1) is 0 Å². The van der Waals surface area contributed by atoms with Gasteiger partial charge in [-0.05, 0) is 24.6 Å². The Kier molecular flexibility index (Phi) is 5.33. The summed E-state index contributed by atoms with van der Waals surface area (Å²) in [4.78, 5) is 21.9. The van der Waals surface area contributed by atoms with Gasteiger partial charge in [-0.1, -0.05) is 32.0 Å². The van der Waals surface area contributed by atoms with Gasteiger partial charge in [0.05, 0.1) is 0 Å². The molecule has 2 heterocycles. The zero-order valence-corrected chi connectivity index (χ0v) is 14.7. The number of anilines is 1. The van der Waals surface area contributed by atoms with Crippen molar-refractivity contribution in [1.29, 1.82) is 0 Å². The van der Waals surface area contributed by atoms with E-state index in [4.69, 9.17) is 0 Å². The maximum Gasteiger partial charge on any atom is 0.221 e. The molecular weight excluding hydrogens is 312 g/mol. The van der Waals surface area contributed by atoms with Crippen molar-refractivity contribution in [1.82, 2.24) is 15.3 Å². The molecule has 1 aromatic carbocycles. The number of aromatic amines is 1. The predicted molar refractivity (Wildman–Crippen MR) is 101 cm³/mol. The van der Waals surface area contributed by atoms with E-state index < -0.39 is 0 Å². The average Bonchev–Trinajstić information content (AvgIpc) is 3.09. The Balaban J connectivity index is 2.08. The van der Waals surface area contributed by atoms with E-state index in [0.29, 0.717) is 6.42 Å². The molecule has 1 atom stereocenters. The maximum absolute atomic E-state index is 12.2. The molecule has 0 radical (unpaired) electrons. The van der Waals surface area contributed by atoms with Crippen molar-refractivity contribution in [3.05, 3.63) is 60.6 Å². The van der Waals surface area contributed by atoms with Crippen LogP contribution >= 0.6 is 0 Å². The van der Waals surface area contributed by atoms with E-state index >= 15 is 0 Å². The summed E-state index contributed by atoms with van der Waals surface area (Å²) in [6, 6.07) is 12.1. The number of nitrogens with zero attached hydrogens (tertiary/aromatic N) is 2. The molecule has 1 unspecified atom stereocenters. The molecule has 3 rings (SSSR count). The van der Waals surface area contributed by atoms with Crippen LogP contribution in [0.2, 0.25) is 0 Å². The lowest BCUT2D eigenvalue weighted by Gasteiger charge is -2.34. The Labute approximate surface area is 148 Å². The second-order valence-corrected chi connectivity index (χ2v) is 6.01. The number of amides is 1. The van der Waals surface area contributed by atoms with Gasteiger partial charge in [0.1, 0.15) is 6.17 Å². The zero-order valence-electron chi connectivity index (χ0n) is 14.7. The SMILES string of the molecule is CCCN(c1ccncc1)C(NC(=O)CC)c1c[nH]c2ccccc12. The number of H-pyrrole nitrogens is 1. The molecule has 0 aliphatic carbocycles. The summed E-state index contributed by atoms with van der Waals surface area (Å²) in [6.45, 7) is 4.85. The van der Waals surface area contributed by atoms with Crippen LogP contribution in [0.25, 0.3) is 10.9 Å². The third kappa shape index (κ3) is 3.65. The van der Waals surface area contributed by atoms with Gasteiger partial charge in [-0.15, -0.1) is 0 Å². The number of carbonyl (C=O) groups excluding carboxylic acids is 1. The molecular formula is C20H24N4O. The topological polar surface area (TPSA) is 61.0 Å². The molecule has 5 heteroatoms. The van der Waals surface area contributed by atoms with E-state index in [2.05, 4.69) is 33.2 Å². The van der Waals surface area contributed by atoms with Crippen molar-refractivity contribution < 1.29 is 4.79 Å². The van der Waals surface area contributed by atoms with Crippen LogP contribution in [-0.2, 0) is 4.79 Å². The fourth-order valence-corrected chi connectivity index (χ4v) is 3.08. The van der Waals surface area contributed by atoms with Gasteiger partial charge in [-0.2, -0.15) is 0 Å². The van der Waals surface area contributed by atoms with E-state index in [9.17, 15) is 4.79 Å². The fraction of sp³-hybridized carbons (Fsp3) is 0.300. The Morgan fingerprint density at radius 1 is 1.20 bits per heavy atom. The third-order valence-electron chi connectivity index (χ3n) is 4.31.